The third kappa shape index (κ3) is 3.52. The molecule has 2 heterocycles. The van der Waals surface area contributed by atoms with E-state index in [1.165, 1.54) is 12.3 Å². The first-order valence-electron chi connectivity index (χ1n) is 6.91. The van der Waals surface area contributed by atoms with Gasteiger partial charge in [0.25, 0.3) is 0 Å². The minimum Gasteiger partial charge on any atom is -0.490 e. The molecule has 7 heteroatoms. The van der Waals surface area contributed by atoms with Crippen molar-refractivity contribution in [3.63, 3.8) is 0 Å². The van der Waals surface area contributed by atoms with Crippen molar-refractivity contribution in [3.05, 3.63) is 23.6 Å². The van der Waals surface area contributed by atoms with Crippen LogP contribution >= 0.6 is 0 Å². The van der Waals surface area contributed by atoms with Crippen molar-refractivity contribution in [1.29, 1.82) is 5.26 Å². The van der Waals surface area contributed by atoms with Gasteiger partial charge in [-0.3, -0.25) is 0 Å². The summed E-state index contributed by atoms with van der Waals surface area (Å²) in [5, 5.41) is 21.8. The maximum Gasteiger partial charge on any atom is 0.330 e. The molecule has 0 aromatic heterocycles. The molecule has 0 saturated carbocycles. The molecule has 2 rings (SSSR count). The molecule has 1 saturated heterocycles. The van der Waals surface area contributed by atoms with Crippen LogP contribution in [-0.2, 0) is 9.53 Å². The van der Waals surface area contributed by atoms with Crippen molar-refractivity contribution >= 4 is 5.97 Å². The van der Waals surface area contributed by atoms with Gasteiger partial charge in [-0.25, -0.2) is 9.18 Å². The number of hydrogen-bond donors (Lipinski definition) is 2. The number of nitriles is 1. The van der Waals surface area contributed by atoms with Crippen LogP contribution in [0.2, 0.25) is 0 Å². The number of allylic oxidation sites excluding steroid dienone is 1. The minimum atomic E-state index is -1.01. The molecule has 1 fully saturated rings. The topological polar surface area (TPSA) is 85.6 Å². The second-order valence-corrected chi connectivity index (χ2v) is 4.93. The van der Waals surface area contributed by atoms with E-state index in [0.29, 0.717) is 0 Å². The van der Waals surface area contributed by atoms with Gasteiger partial charge in [0.05, 0.1) is 0 Å². The molecule has 2 aliphatic heterocycles. The van der Waals surface area contributed by atoms with Gasteiger partial charge in [0, 0.05) is 12.2 Å². The highest BCUT2D eigenvalue weighted by atomic mass is 19.1. The smallest absolute Gasteiger partial charge is 0.330 e. The second-order valence-electron chi connectivity index (χ2n) is 4.93. The maximum atomic E-state index is 12.2. The number of alkyl halides is 1. The van der Waals surface area contributed by atoms with Crippen LogP contribution in [0.4, 0.5) is 4.39 Å². The lowest BCUT2D eigenvalue weighted by atomic mass is 9.99. The molecular weight excluding hydrogens is 277 g/mol. The maximum absolute atomic E-state index is 12.2. The number of hydrogen-bond acceptors (Lipinski definition) is 5. The molecule has 114 valence electrons. The molecule has 21 heavy (non-hydrogen) atoms. The number of piperidine rings is 1. The van der Waals surface area contributed by atoms with E-state index in [1.807, 2.05) is 6.07 Å². The highest BCUT2D eigenvalue weighted by Gasteiger charge is 2.33. The number of ether oxygens (including phenoxy) is 1. The van der Waals surface area contributed by atoms with Crippen LogP contribution in [0.1, 0.15) is 12.8 Å². The summed E-state index contributed by atoms with van der Waals surface area (Å²) in [4.78, 5) is 13.2. The van der Waals surface area contributed by atoms with Crippen molar-refractivity contribution in [3.8, 4) is 6.07 Å². The fourth-order valence-electron chi connectivity index (χ4n) is 2.61. The normalized spacial score (nSPS) is 23.0. The van der Waals surface area contributed by atoms with Crippen LogP contribution in [0.15, 0.2) is 23.6 Å². The van der Waals surface area contributed by atoms with Crippen LogP contribution in [0.3, 0.4) is 0 Å². The molecule has 0 aliphatic carbocycles. The molecule has 0 aromatic rings. The summed E-state index contributed by atoms with van der Waals surface area (Å²) in [5.74, 6) is -0.865. The van der Waals surface area contributed by atoms with Gasteiger partial charge >= 0.3 is 5.97 Å². The average Bonchev–Trinajstić information content (AvgIpc) is 2.52. The highest BCUT2D eigenvalue weighted by molar-refractivity contribution is 5.77. The van der Waals surface area contributed by atoms with Gasteiger partial charge in [0.2, 0.25) is 0 Å². The zero-order valence-corrected chi connectivity index (χ0v) is 11.6. The predicted molar refractivity (Wildman–Crippen MR) is 72.9 cm³/mol. The zero-order chi connectivity index (χ0) is 15.2. The molecule has 2 aliphatic rings. The minimum absolute atomic E-state index is 0.0645. The lowest BCUT2D eigenvalue weighted by molar-refractivity contribution is -0.141. The molecule has 2 N–H and O–H groups in total. The first-order valence-corrected chi connectivity index (χ1v) is 6.91. The Balaban J connectivity index is 2.24. The van der Waals surface area contributed by atoms with Gasteiger partial charge in [-0.2, -0.15) is 5.26 Å². The van der Waals surface area contributed by atoms with Gasteiger partial charge in [0.1, 0.15) is 36.7 Å². The molecule has 6 nitrogen and oxygen atoms in total. The molecule has 0 aromatic carbocycles. The Labute approximate surface area is 122 Å². The summed E-state index contributed by atoms with van der Waals surface area (Å²) in [6.07, 6.45) is 4.54. The Morgan fingerprint density at radius 2 is 2.29 bits per heavy atom. The third-order valence-corrected chi connectivity index (χ3v) is 3.61. The van der Waals surface area contributed by atoms with Crippen molar-refractivity contribution in [2.75, 3.05) is 26.4 Å². The highest BCUT2D eigenvalue weighted by Crippen LogP contribution is 2.26. The van der Waals surface area contributed by atoms with Gasteiger partial charge in [-0.05, 0) is 32.0 Å². The SMILES string of the molecule is N#CC1=CN(C2CCNCC2)C(C(=O)O)C=C1OCCF. The van der Waals surface area contributed by atoms with E-state index in [1.54, 1.807) is 4.90 Å². The van der Waals surface area contributed by atoms with Crippen LogP contribution in [0, 0.1) is 11.3 Å². The Morgan fingerprint density at radius 3 is 2.86 bits per heavy atom. The monoisotopic (exact) mass is 295 g/mol. The largest absolute Gasteiger partial charge is 0.490 e. The number of rotatable bonds is 5. The summed E-state index contributed by atoms with van der Waals surface area (Å²) >= 11 is 0. The van der Waals surface area contributed by atoms with Crippen molar-refractivity contribution in [2.24, 2.45) is 0 Å². The van der Waals surface area contributed by atoms with E-state index < -0.39 is 18.7 Å². The van der Waals surface area contributed by atoms with Crippen LogP contribution in [0.25, 0.3) is 0 Å². The van der Waals surface area contributed by atoms with E-state index >= 15 is 0 Å². The molecule has 1 unspecified atom stereocenters. The van der Waals surface area contributed by atoms with E-state index in [0.717, 1.165) is 25.9 Å². The Bertz CT molecular complexity index is 492. The lowest BCUT2D eigenvalue weighted by Gasteiger charge is -2.38. The number of carboxylic acids is 1. The zero-order valence-electron chi connectivity index (χ0n) is 11.6. The van der Waals surface area contributed by atoms with Crippen molar-refractivity contribution < 1.29 is 19.0 Å². The molecule has 1 atom stereocenters. The van der Waals surface area contributed by atoms with Gasteiger partial charge in [0.15, 0.2) is 0 Å². The van der Waals surface area contributed by atoms with Crippen molar-refractivity contribution in [2.45, 2.75) is 24.9 Å². The van der Waals surface area contributed by atoms with Gasteiger partial charge in [-0.15, -0.1) is 0 Å². The fourth-order valence-corrected chi connectivity index (χ4v) is 2.61. The molecule has 0 amide bonds. The standard InChI is InChI=1S/C14H18FN3O3/c15-3-6-21-13-7-12(14(19)20)18(9-10(13)8-16)11-1-4-17-5-2-11/h7,9,11-12,17H,1-6H2,(H,19,20). The number of carboxylic acid groups (broad SMARTS) is 1. The van der Waals surface area contributed by atoms with Crippen LogP contribution in [0.5, 0.6) is 0 Å². The Morgan fingerprint density at radius 1 is 1.57 bits per heavy atom. The molecule has 0 radical (unpaired) electrons. The third-order valence-electron chi connectivity index (χ3n) is 3.61. The summed E-state index contributed by atoms with van der Waals surface area (Å²) in [7, 11) is 0. The second kappa shape index (κ2) is 7.09. The van der Waals surface area contributed by atoms with Crippen LogP contribution in [-0.4, -0.2) is 54.4 Å². The van der Waals surface area contributed by atoms with E-state index in [9.17, 15) is 19.6 Å². The number of carbonyl (C=O) groups is 1. The molecule has 0 bridgehead atoms. The van der Waals surface area contributed by atoms with Crippen molar-refractivity contribution in [1.82, 2.24) is 10.2 Å². The van der Waals surface area contributed by atoms with Gasteiger partial charge < -0.3 is 20.1 Å². The summed E-state index contributed by atoms with van der Waals surface area (Å²) in [5.41, 5.74) is 0.236. The summed E-state index contributed by atoms with van der Waals surface area (Å²) in [6, 6.07) is 1.16. The number of halogens is 1. The average molecular weight is 295 g/mol. The van der Waals surface area contributed by atoms with Gasteiger partial charge in [-0.1, -0.05) is 0 Å². The molecule has 0 spiro atoms. The summed E-state index contributed by atoms with van der Waals surface area (Å²) < 4.78 is 17.4. The van der Waals surface area contributed by atoms with E-state index in [4.69, 9.17) is 4.74 Å². The first kappa shape index (κ1) is 15.3. The quantitative estimate of drug-likeness (QED) is 0.780. The fraction of sp³-hybridized carbons (Fsp3) is 0.571. The van der Waals surface area contributed by atoms with E-state index in [2.05, 4.69) is 5.32 Å². The van der Waals surface area contributed by atoms with E-state index in [-0.39, 0.29) is 24.0 Å². The number of nitrogens with zero attached hydrogens (tertiary/aromatic N) is 2. The first-order chi connectivity index (χ1) is 10.2. The Kier molecular flexibility index (Phi) is 5.17. The van der Waals surface area contributed by atoms with Crippen LogP contribution < -0.4 is 5.32 Å². The number of aliphatic carboxylic acids is 1. The summed E-state index contributed by atoms with van der Waals surface area (Å²) in [6.45, 7) is 0.757. The number of nitrogens with one attached hydrogen (secondary N) is 1. The molecular formula is C14H18FN3O3. The Hall–Kier alpha value is -2.07. The lowest BCUT2D eigenvalue weighted by Crippen LogP contribution is -2.49. The predicted octanol–water partition coefficient (Wildman–Crippen LogP) is 0.785.